The highest BCUT2D eigenvalue weighted by molar-refractivity contribution is 7.91. The second-order valence-electron chi connectivity index (χ2n) is 18.4. The number of azo groups is 2. The zero-order chi connectivity index (χ0) is 44.5. The van der Waals surface area contributed by atoms with E-state index >= 15 is 0 Å². The zero-order valence-corrected chi connectivity index (χ0v) is 38.1. The van der Waals surface area contributed by atoms with Gasteiger partial charge in [0, 0.05) is 46.6 Å². The number of rotatable bonds is 10. The number of carbonyl (C=O) groups excluding carboxylic acids is 2. The third-order valence-corrected chi connectivity index (χ3v) is 11.4. The van der Waals surface area contributed by atoms with Crippen molar-refractivity contribution in [2.24, 2.45) is 42.1 Å². The minimum absolute atomic E-state index is 0.000168. The van der Waals surface area contributed by atoms with Crippen LogP contribution in [0, 0.1) is 21.7 Å². The Bertz CT molecular complexity index is 2110. The SMILES string of the molecule is COc1cc(S(=O)(=O)c2cc(OC)c(N=NC=C3C=C(C(C)(C)C)C(=O)C(C(C)(C)C)=C3)c(OC)c2)cc(OC)c1N=NC=C1C=C(C(C)(C)C)C(=O)C(C(C)(C)C)=C1. The molecule has 0 bridgehead atoms. The number of ether oxygens (including phenoxy) is 4. The number of benzene rings is 2. The molecule has 59 heavy (non-hydrogen) atoms. The monoisotopic (exact) mass is 826 g/mol. The molecule has 0 fully saturated rings. The standard InChI is InChI=1S/C46H58N4O8S/c1-43(2,3)31-17-27(18-32(41(31)51)44(4,5)6)25-47-49-39-35(55-13)21-29(22-36(39)56-14)59(53,54)30-23-37(57-15)40(38(24-30)58-16)50-48-26-28-19-33(45(7,8)9)42(52)34(20-28)46(10,11)12/h17-26H,1-16H3. The molecule has 0 spiro atoms. The Hall–Kier alpha value is -5.43. The van der Waals surface area contributed by atoms with Gasteiger partial charge in [0.2, 0.25) is 9.84 Å². The molecule has 0 unspecified atom stereocenters. The lowest BCUT2D eigenvalue weighted by Gasteiger charge is -2.31. The quantitative estimate of drug-likeness (QED) is 0.214. The van der Waals surface area contributed by atoms with Gasteiger partial charge in [-0.15, -0.1) is 10.2 Å². The summed E-state index contributed by atoms with van der Waals surface area (Å²) < 4.78 is 50.9. The molecule has 2 aromatic rings. The van der Waals surface area contributed by atoms with Crippen molar-refractivity contribution in [3.8, 4) is 23.0 Å². The van der Waals surface area contributed by atoms with E-state index in [9.17, 15) is 18.0 Å². The van der Waals surface area contributed by atoms with Gasteiger partial charge in [0.05, 0.1) is 50.6 Å². The van der Waals surface area contributed by atoms with Gasteiger partial charge in [-0.25, -0.2) is 8.42 Å². The fraction of sp³-hybridized carbons (Fsp3) is 0.435. The Morgan fingerprint density at radius 1 is 0.458 bits per heavy atom. The molecule has 0 aliphatic heterocycles. The maximum absolute atomic E-state index is 14.2. The molecule has 0 aromatic heterocycles. The smallest absolute Gasteiger partial charge is 0.207 e. The van der Waals surface area contributed by atoms with Crippen molar-refractivity contribution in [3.05, 3.63) is 94.4 Å². The van der Waals surface area contributed by atoms with E-state index in [1.54, 1.807) is 0 Å². The van der Waals surface area contributed by atoms with Crippen LogP contribution in [-0.2, 0) is 19.4 Å². The van der Waals surface area contributed by atoms with Crippen molar-refractivity contribution in [1.82, 2.24) is 0 Å². The number of ketones is 2. The summed E-state index contributed by atoms with van der Waals surface area (Å²) in [5.74, 6) is 0.370. The summed E-state index contributed by atoms with van der Waals surface area (Å²) in [5, 5.41) is 17.3. The lowest BCUT2D eigenvalue weighted by molar-refractivity contribution is -0.114. The summed E-state index contributed by atoms with van der Waals surface area (Å²) in [6.45, 7) is 23.8. The van der Waals surface area contributed by atoms with E-state index in [0.717, 1.165) is 0 Å². The summed E-state index contributed by atoms with van der Waals surface area (Å²) in [6, 6.07) is 5.33. The Balaban J connectivity index is 1.76. The maximum Gasteiger partial charge on any atom is 0.207 e. The van der Waals surface area contributed by atoms with E-state index in [1.807, 2.05) is 107 Å². The molecule has 4 rings (SSSR count). The van der Waals surface area contributed by atoms with Crippen LogP contribution in [0.5, 0.6) is 23.0 Å². The topological polar surface area (TPSA) is 155 Å². The van der Waals surface area contributed by atoms with Crippen LogP contribution in [-0.4, -0.2) is 48.4 Å². The fourth-order valence-corrected chi connectivity index (χ4v) is 7.69. The highest BCUT2D eigenvalue weighted by Crippen LogP contribution is 2.46. The van der Waals surface area contributed by atoms with Crippen LogP contribution in [0.15, 0.2) is 125 Å². The Morgan fingerprint density at radius 2 is 0.695 bits per heavy atom. The van der Waals surface area contributed by atoms with Gasteiger partial charge in [-0.2, -0.15) is 10.2 Å². The molecule has 0 radical (unpaired) electrons. The van der Waals surface area contributed by atoms with Crippen LogP contribution in [0.25, 0.3) is 0 Å². The number of sulfone groups is 1. The molecule has 0 heterocycles. The van der Waals surface area contributed by atoms with Crippen LogP contribution in [0.2, 0.25) is 0 Å². The summed E-state index contributed by atoms with van der Waals surface area (Å²) in [6.07, 6.45) is 10.3. The number of nitrogens with zero attached hydrogens (tertiary/aromatic N) is 4. The molecular weight excluding hydrogens is 769 g/mol. The molecule has 12 nitrogen and oxygen atoms in total. The van der Waals surface area contributed by atoms with Gasteiger partial charge in [-0.05, 0) is 57.1 Å². The first kappa shape index (κ1) is 46.3. The first-order valence-electron chi connectivity index (χ1n) is 19.2. The Morgan fingerprint density at radius 3 is 0.898 bits per heavy atom. The second-order valence-corrected chi connectivity index (χ2v) is 20.4. The van der Waals surface area contributed by atoms with Gasteiger partial charge in [0.15, 0.2) is 45.9 Å². The lowest BCUT2D eigenvalue weighted by atomic mass is 9.72. The summed E-state index contributed by atoms with van der Waals surface area (Å²) in [5.41, 5.74) is 2.75. The van der Waals surface area contributed by atoms with Crippen LogP contribution in [0.3, 0.4) is 0 Å². The third kappa shape index (κ3) is 10.2. The molecule has 316 valence electrons. The van der Waals surface area contributed by atoms with Crippen LogP contribution < -0.4 is 18.9 Å². The molecular formula is C46H58N4O8S. The van der Waals surface area contributed by atoms with E-state index in [4.69, 9.17) is 18.9 Å². The third-order valence-electron chi connectivity index (χ3n) is 9.71. The summed E-state index contributed by atoms with van der Waals surface area (Å²) >= 11 is 0. The normalized spacial score (nSPS) is 15.9. The Labute approximate surface area is 349 Å². The van der Waals surface area contributed by atoms with Crippen molar-refractivity contribution < 1.29 is 37.0 Å². The van der Waals surface area contributed by atoms with Gasteiger partial charge >= 0.3 is 0 Å². The summed E-state index contributed by atoms with van der Waals surface area (Å²) in [4.78, 5) is 26.4. The molecule has 0 saturated heterocycles. The van der Waals surface area contributed by atoms with Gasteiger partial charge in [-0.1, -0.05) is 83.1 Å². The molecule has 0 N–H and O–H groups in total. The first-order valence-corrected chi connectivity index (χ1v) is 20.6. The Kier molecular flexibility index (Phi) is 13.4. The first-order chi connectivity index (χ1) is 27.2. The highest BCUT2D eigenvalue weighted by Gasteiger charge is 2.35. The van der Waals surface area contributed by atoms with Crippen molar-refractivity contribution in [2.45, 2.75) is 92.9 Å². The van der Waals surface area contributed by atoms with E-state index < -0.39 is 31.5 Å². The zero-order valence-electron chi connectivity index (χ0n) is 37.2. The van der Waals surface area contributed by atoms with E-state index in [1.165, 1.54) is 65.1 Å². The lowest BCUT2D eigenvalue weighted by Crippen LogP contribution is -2.27. The molecule has 2 aliphatic carbocycles. The largest absolute Gasteiger partial charge is 0.494 e. The number of methoxy groups -OCH3 is 4. The molecule has 2 aromatic carbocycles. The van der Waals surface area contributed by atoms with Gasteiger partial charge < -0.3 is 18.9 Å². The van der Waals surface area contributed by atoms with Crippen molar-refractivity contribution in [3.63, 3.8) is 0 Å². The average Bonchev–Trinajstić information content (AvgIpc) is 3.13. The summed E-state index contributed by atoms with van der Waals surface area (Å²) in [7, 11) is 1.29. The molecule has 0 saturated carbocycles. The molecule has 0 amide bonds. The molecule has 13 heteroatoms. The fourth-order valence-electron chi connectivity index (χ4n) is 6.37. The van der Waals surface area contributed by atoms with E-state index in [0.29, 0.717) is 33.4 Å². The van der Waals surface area contributed by atoms with Gasteiger partial charge in [-0.3, -0.25) is 9.59 Å². The number of Topliss-reactive ketones (excluding diaryl/α,β-unsaturated/α-hetero) is 2. The number of carbonyl (C=O) groups is 2. The van der Waals surface area contributed by atoms with Crippen molar-refractivity contribution in [2.75, 3.05) is 28.4 Å². The number of hydrogen-bond donors (Lipinski definition) is 0. The van der Waals surface area contributed by atoms with E-state index in [2.05, 4.69) is 20.5 Å². The maximum atomic E-state index is 14.2. The minimum Gasteiger partial charge on any atom is -0.494 e. The van der Waals surface area contributed by atoms with Gasteiger partial charge in [0.25, 0.3) is 0 Å². The predicted octanol–water partition coefficient (Wildman–Crippen LogP) is 11.5. The molecule has 0 atom stereocenters. The predicted molar refractivity (Wildman–Crippen MR) is 230 cm³/mol. The van der Waals surface area contributed by atoms with Crippen LogP contribution >= 0.6 is 0 Å². The number of allylic oxidation sites excluding steroid dienone is 10. The minimum atomic E-state index is -4.25. The van der Waals surface area contributed by atoms with Gasteiger partial charge in [0.1, 0.15) is 0 Å². The van der Waals surface area contributed by atoms with Crippen LogP contribution in [0.1, 0.15) is 83.1 Å². The molecule has 2 aliphatic rings. The second kappa shape index (κ2) is 17.0. The number of hydrogen-bond acceptors (Lipinski definition) is 12. The van der Waals surface area contributed by atoms with Crippen molar-refractivity contribution in [1.29, 1.82) is 0 Å². The van der Waals surface area contributed by atoms with Crippen molar-refractivity contribution >= 4 is 32.8 Å². The van der Waals surface area contributed by atoms with E-state index in [-0.39, 0.29) is 55.7 Å². The van der Waals surface area contributed by atoms with Crippen LogP contribution in [0.4, 0.5) is 11.4 Å². The highest BCUT2D eigenvalue weighted by atomic mass is 32.2. The average molecular weight is 827 g/mol.